The second kappa shape index (κ2) is 6.82. The van der Waals surface area contributed by atoms with Crippen molar-refractivity contribution in [1.82, 2.24) is 9.47 Å². The maximum absolute atomic E-state index is 13.1. The van der Waals surface area contributed by atoms with Crippen LogP contribution in [0.3, 0.4) is 0 Å². The number of aromatic nitrogens is 1. The largest absolute Gasteiger partial charge is 0.477 e. The summed E-state index contributed by atoms with van der Waals surface area (Å²) in [5.74, 6) is 0.0240. The van der Waals surface area contributed by atoms with Crippen LogP contribution in [0.25, 0.3) is 0 Å². The lowest BCUT2D eigenvalue weighted by molar-refractivity contribution is -0.144. The second-order valence-corrected chi connectivity index (χ2v) is 7.06. The molecule has 25 heavy (non-hydrogen) atoms. The minimum Gasteiger partial charge on any atom is -0.477 e. The first-order chi connectivity index (χ1) is 11.8. The van der Waals surface area contributed by atoms with E-state index in [-0.39, 0.29) is 6.54 Å². The molecule has 138 valence electrons. The van der Waals surface area contributed by atoms with Gasteiger partial charge in [0.1, 0.15) is 11.3 Å². The molecule has 2 bridgehead atoms. The van der Waals surface area contributed by atoms with Crippen LogP contribution in [0.1, 0.15) is 41.7 Å². The van der Waals surface area contributed by atoms with E-state index >= 15 is 0 Å². The maximum atomic E-state index is 13.1. The van der Waals surface area contributed by atoms with Crippen LogP contribution in [0.4, 0.5) is 13.2 Å². The standard InChI is InChI=1S/C17H21F3N2O3/c18-17(19,20)14-4-3-13(16(24)25)15(23)22(14)6-2-1-5-21-9-11-7-12(8-11)10-21/h3-4,11-12H,1-2,5-10H2,(H,24,25). The van der Waals surface area contributed by atoms with E-state index < -0.39 is 29.0 Å². The average Bonchev–Trinajstić information content (AvgIpc) is 2.50. The van der Waals surface area contributed by atoms with Crippen LogP contribution in [0, 0.1) is 11.8 Å². The first-order valence-corrected chi connectivity index (χ1v) is 8.52. The van der Waals surface area contributed by atoms with Crippen LogP contribution >= 0.6 is 0 Å². The van der Waals surface area contributed by atoms with Gasteiger partial charge in [-0.25, -0.2) is 4.79 Å². The van der Waals surface area contributed by atoms with E-state index in [1.165, 1.54) is 12.8 Å². The summed E-state index contributed by atoms with van der Waals surface area (Å²) in [5.41, 5.74) is -2.83. The molecule has 0 spiro atoms. The van der Waals surface area contributed by atoms with Crippen molar-refractivity contribution in [3.63, 3.8) is 0 Å². The molecule has 1 aromatic rings. The average molecular weight is 358 g/mol. The number of hydrogen-bond donors (Lipinski definition) is 1. The highest BCUT2D eigenvalue weighted by molar-refractivity contribution is 5.87. The normalized spacial score (nSPS) is 23.3. The Kier molecular flexibility index (Phi) is 4.90. The summed E-state index contributed by atoms with van der Waals surface area (Å²) in [6.45, 7) is 2.79. The van der Waals surface area contributed by atoms with Gasteiger partial charge in [-0.2, -0.15) is 13.2 Å². The lowest BCUT2D eigenvalue weighted by Crippen LogP contribution is -2.48. The molecule has 3 aliphatic rings. The smallest absolute Gasteiger partial charge is 0.431 e. The summed E-state index contributed by atoms with van der Waals surface area (Å²) in [7, 11) is 0. The van der Waals surface area contributed by atoms with E-state index in [4.69, 9.17) is 5.11 Å². The SMILES string of the molecule is O=C(O)c1ccc(C(F)(F)F)n(CCCCN2CC3CC(C3)C2)c1=O. The van der Waals surface area contributed by atoms with Gasteiger partial charge in [0.15, 0.2) is 0 Å². The number of carboxylic acid groups (broad SMARTS) is 1. The van der Waals surface area contributed by atoms with E-state index in [1.807, 2.05) is 0 Å². The van der Waals surface area contributed by atoms with Crippen LogP contribution in [-0.2, 0) is 12.7 Å². The van der Waals surface area contributed by atoms with Crippen molar-refractivity contribution >= 4 is 5.97 Å². The monoisotopic (exact) mass is 358 g/mol. The molecule has 0 amide bonds. The number of nitrogens with zero attached hydrogens (tertiary/aromatic N) is 2. The zero-order chi connectivity index (χ0) is 18.2. The molecule has 1 saturated carbocycles. The zero-order valence-corrected chi connectivity index (χ0v) is 13.8. The van der Waals surface area contributed by atoms with Crippen molar-refractivity contribution < 1.29 is 23.1 Å². The van der Waals surface area contributed by atoms with Crippen LogP contribution in [0.5, 0.6) is 0 Å². The van der Waals surface area contributed by atoms with Gasteiger partial charge in [0.05, 0.1) is 0 Å². The number of pyridine rings is 1. The Bertz CT molecular complexity index is 698. The van der Waals surface area contributed by atoms with E-state index in [9.17, 15) is 22.8 Å². The van der Waals surface area contributed by atoms with Crippen molar-refractivity contribution in [2.45, 2.75) is 38.4 Å². The quantitative estimate of drug-likeness (QED) is 0.795. The summed E-state index contributed by atoms with van der Waals surface area (Å²) in [4.78, 5) is 25.4. The number of fused-ring (bicyclic) bond motifs is 2. The number of halogens is 3. The fraction of sp³-hybridized carbons (Fsp3) is 0.647. The summed E-state index contributed by atoms with van der Waals surface area (Å²) in [6.07, 6.45) is -1.02. The van der Waals surface area contributed by atoms with Crippen LogP contribution in [-0.4, -0.2) is 40.2 Å². The van der Waals surface area contributed by atoms with Crippen molar-refractivity contribution in [1.29, 1.82) is 0 Å². The number of piperidine rings is 2. The molecular weight excluding hydrogens is 337 g/mol. The van der Waals surface area contributed by atoms with Gasteiger partial charge in [-0.3, -0.25) is 4.79 Å². The molecule has 4 rings (SSSR count). The number of aromatic carboxylic acids is 1. The van der Waals surface area contributed by atoms with Crippen molar-refractivity contribution in [3.05, 3.63) is 33.7 Å². The fourth-order valence-corrected chi connectivity index (χ4v) is 3.98. The predicted octanol–water partition coefficient (Wildman–Crippen LogP) is 2.69. The minimum absolute atomic E-state index is 0.129. The van der Waals surface area contributed by atoms with Gasteiger partial charge in [0.2, 0.25) is 0 Å². The number of rotatable bonds is 6. The lowest BCUT2D eigenvalue weighted by Gasteiger charge is -2.47. The van der Waals surface area contributed by atoms with Gasteiger partial charge in [0, 0.05) is 19.6 Å². The van der Waals surface area contributed by atoms with Crippen molar-refractivity contribution in [2.24, 2.45) is 11.8 Å². The molecule has 0 atom stereocenters. The summed E-state index contributed by atoms with van der Waals surface area (Å²) >= 11 is 0. The third kappa shape index (κ3) is 3.89. The Morgan fingerprint density at radius 3 is 2.28 bits per heavy atom. The topological polar surface area (TPSA) is 62.5 Å². The molecule has 3 fully saturated rings. The molecular formula is C17H21F3N2O3. The number of hydrogen-bond acceptors (Lipinski definition) is 3. The molecule has 2 aliphatic heterocycles. The van der Waals surface area contributed by atoms with Gasteiger partial charge in [-0.1, -0.05) is 0 Å². The van der Waals surface area contributed by atoms with Crippen LogP contribution < -0.4 is 5.56 Å². The molecule has 2 saturated heterocycles. The van der Waals surface area contributed by atoms with Gasteiger partial charge < -0.3 is 14.6 Å². The predicted molar refractivity (Wildman–Crippen MR) is 84.6 cm³/mol. The first kappa shape index (κ1) is 18.0. The number of carboxylic acids is 1. The van der Waals surface area contributed by atoms with Crippen molar-refractivity contribution in [3.8, 4) is 0 Å². The van der Waals surface area contributed by atoms with Gasteiger partial charge >= 0.3 is 12.1 Å². The summed E-state index contributed by atoms with van der Waals surface area (Å²) < 4.78 is 39.8. The zero-order valence-electron chi connectivity index (χ0n) is 13.8. The number of unbranched alkanes of at least 4 members (excludes halogenated alkanes) is 1. The minimum atomic E-state index is -4.69. The Morgan fingerprint density at radius 1 is 1.12 bits per heavy atom. The lowest BCUT2D eigenvalue weighted by atomic mass is 9.71. The fourth-order valence-electron chi connectivity index (χ4n) is 3.98. The maximum Gasteiger partial charge on any atom is 0.431 e. The van der Waals surface area contributed by atoms with Crippen LogP contribution in [0.2, 0.25) is 0 Å². The number of alkyl halides is 3. The van der Waals surface area contributed by atoms with Gasteiger partial charge in [-0.05, 0) is 56.2 Å². The molecule has 1 aromatic heterocycles. The first-order valence-electron chi connectivity index (χ1n) is 8.52. The second-order valence-electron chi connectivity index (χ2n) is 7.06. The van der Waals surface area contributed by atoms with Gasteiger partial charge in [-0.15, -0.1) is 0 Å². The van der Waals surface area contributed by atoms with E-state index in [2.05, 4.69) is 4.90 Å². The highest BCUT2D eigenvalue weighted by Gasteiger charge is 2.37. The molecule has 0 aromatic carbocycles. The molecule has 8 heteroatoms. The molecule has 0 radical (unpaired) electrons. The summed E-state index contributed by atoms with van der Waals surface area (Å²) in [6, 6.07) is 1.40. The van der Waals surface area contributed by atoms with E-state index in [0.717, 1.165) is 37.5 Å². The molecule has 1 N–H and O–H groups in total. The van der Waals surface area contributed by atoms with Gasteiger partial charge in [0.25, 0.3) is 5.56 Å². The molecule has 5 nitrogen and oxygen atoms in total. The highest BCUT2D eigenvalue weighted by Crippen LogP contribution is 2.39. The number of carbonyl (C=O) groups is 1. The molecule has 0 unspecified atom stereocenters. The highest BCUT2D eigenvalue weighted by atomic mass is 19.4. The van der Waals surface area contributed by atoms with Crippen molar-refractivity contribution in [2.75, 3.05) is 19.6 Å². The Labute approximate surface area is 143 Å². The third-order valence-corrected chi connectivity index (χ3v) is 5.17. The molecule has 3 heterocycles. The summed E-state index contributed by atoms with van der Waals surface area (Å²) in [5, 5.41) is 8.95. The third-order valence-electron chi connectivity index (χ3n) is 5.17. The Balaban J connectivity index is 1.64. The Hall–Kier alpha value is -1.83. The Morgan fingerprint density at radius 2 is 1.72 bits per heavy atom. The van der Waals surface area contributed by atoms with E-state index in [0.29, 0.717) is 23.5 Å². The van der Waals surface area contributed by atoms with Crippen LogP contribution in [0.15, 0.2) is 16.9 Å². The molecule has 1 aliphatic carbocycles. The van der Waals surface area contributed by atoms with E-state index in [1.54, 1.807) is 0 Å².